The van der Waals surface area contributed by atoms with E-state index in [1.165, 1.54) is 12.7 Å². The van der Waals surface area contributed by atoms with E-state index in [1.807, 2.05) is 24.3 Å². The molecular formula is C32H36N4O4. The molecule has 0 spiro atoms. The van der Waals surface area contributed by atoms with E-state index in [-0.39, 0.29) is 24.2 Å². The SMILES string of the molecule is COC(=O)CCc1nnc(-c2ccc(C(c3cccc(O)c3)N3CC(C)N(Cc4ccccc4)CC3C)cc2)o1. The van der Waals surface area contributed by atoms with Gasteiger partial charge in [-0.1, -0.05) is 54.6 Å². The number of ether oxygens (including phenoxy) is 1. The van der Waals surface area contributed by atoms with Gasteiger partial charge in [-0.05, 0) is 54.8 Å². The third-order valence-corrected chi connectivity index (χ3v) is 7.62. The summed E-state index contributed by atoms with van der Waals surface area (Å²) in [7, 11) is 1.36. The molecule has 0 radical (unpaired) electrons. The van der Waals surface area contributed by atoms with Crippen LogP contribution in [0.5, 0.6) is 5.75 Å². The van der Waals surface area contributed by atoms with Crippen LogP contribution in [0.4, 0.5) is 0 Å². The van der Waals surface area contributed by atoms with Crippen molar-refractivity contribution in [3.05, 3.63) is 101 Å². The maximum Gasteiger partial charge on any atom is 0.306 e. The number of aromatic nitrogens is 2. The van der Waals surface area contributed by atoms with E-state index in [9.17, 15) is 9.90 Å². The number of carbonyl (C=O) groups is 1. The van der Waals surface area contributed by atoms with Crippen LogP contribution in [0.15, 0.2) is 83.3 Å². The van der Waals surface area contributed by atoms with Crippen molar-refractivity contribution in [1.29, 1.82) is 0 Å². The molecule has 1 fully saturated rings. The Bertz CT molecular complexity index is 1410. The van der Waals surface area contributed by atoms with Crippen molar-refractivity contribution in [3.63, 3.8) is 0 Å². The van der Waals surface area contributed by atoms with Crippen LogP contribution in [-0.2, 0) is 22.5 Å². The predicted molar refractivity (Wildman–Crippen MR) is 153 cm³/mol. The number of methoxy groups -OCH3 is 1. The molecule has 1 aliphatic heterocycles. The normalized spacial score (nSPS) is 18.9. The second kappa shape index (κ2) is 12.4. The van der Waals surface area contributed by atoms with E-state index in [4.69, 9.17) is 4.42 Å². The largest absolute Gasteiger partial charge is 0.508 e. The standard InChI is InChI=1S/C32H36N4O4/c1-22-20-36(23(2)19-35(22)21-24-8-5-4-6-9-24)31(27-10-7-11-28(37)18-27)25-12-14-26(15-13-25)32-34-33-29(40-32)16-17-30(38)39-3/h4-15,18,22-23,31,37H,16-17,19-21H2,1-3H3. The molecular weight excluding hydrogens is 504 g/mol. The molecule has 0 saturated carbocycles. The van der Waals surface area contributed by atoms with Crippen LogP contribution < -0.4 is 0 Å². The highest BCUT2D eigenvalue weighted by Crippen LogP contribution is 2.35. The van der Waals surface area contributed by atoms with Crippen LogP contribution in [-0.4, -0.2) is 63.4 Å². The number of aryl methyl sites for hydroxylation is 1. The first-order chi connectivity index (χ1) is 19.4. The molecule has 1 N–H and O–H groups in total. The summed E-state index contributed by atoms with van der Waals surface area (Å²) < 4.78 is 10.5. The third kappa shape index (κ3) is 6.41. The number of nitrogens with zero attached hydrogens (tertiary/aromatic N) is 4. The highest BCUT2D eigenvalue weighted by molar-refractivity contribution is 5.69. The number of piperazine rings is 1. The maximum absolute atomic E-state index is 11.4. The van der Waals surface area contributed by atoms with E-state index >= 15 is 0 Å². The van der Waals surface area contributed by atoms with Crippen molar-refractivity contribution >= 4 is 5.97 Å². The Morgan fingerprint density at radius 3 is 2.48 bits per heavy atom. The van der Waals surface area contributed by atoms with Crippen molar-refractivity contribution in [2.24, 2.45) is 0 Å². The molecule has 0 aliphatic carbocycles. The number of carbonyl (C=O) groups excluding carboxylic acids is 1. The summed E-state index contributed by atoms with van der Waals surface area (Å²) in [4.78, 5) is 16.5. The van der Waals surface area contributed by atoms with Gasteiger partial charge in [0.1, 0.15) is 5.75 Å². The molecule has 1 aliphatic rings. The molecule has 0 bridgehead atoms. The number of phenols is 1. The van der Waals surface area contributed by atoms with Crippen LogP contribution >= 0.6 is 0 Å². The molecule has 8 nitrogen and oxygen atoms in total. The van der Waals surface area contributed by atoms with Crippen molar-refractivity contribution in [2.75, 3.05) is 20.2 Å². The van der Waals surface area contributed by atoms with Crippen LogP contribution in [0.3, 0.4) is 0 Å². The van der Waals surface area contributed by atoms with E-state index < -0.39 is 0 Å². The highest BCUT2D eigenvalue weighted by atomic mass is 16.5. The zero-order valence-corrected chi connectivity index (χ0v) is 23.2. The summed E-state index contributed by atoms with van der Waals surface area (Å²) in [6.07, 6.45) is 0.529. The molecule has 2 heterocycles. The number of phenolic OH excluding ortho intramolecular Hbond substituents is 1. The molecule has 3 aromatic carbocycles. The van der Waals surface area contributed by atoms with Gasteiger partial charge in [0.2, 0.25) is 11.8 Å². The van der Waals surface area contributed by atoms with Crippen molar-refractivity contribution < 1.29 is 19.1 Å². The van der Waals surface area contributed by atoms with Gasteiger partial charge < -0.3 is 14.3 Å². The van der Waals surface area contributed by atoms with E-state index in [2.05, 4.69) is 87.1 Å². The van der Waals surface area contributed by atoms with Gasteiger partial charge in [0, 0.05) is 43.7 Å². The fourth-order valence-corrected chi connectivity index (χ4v) is 5.48. The Hall–Kier alpha value is -4.01. The predicted octanol–water partition coefficient (Wildman–Crippen LogP) is 5.23. The summed E-state index contributed by atoms with van der Waals surface area (Å²) in [5, 5.41) is 18.6. The smallest absolute Gasteiger partial charge is 0.306 e. The van der Waals surface area contributed by atoms with E-state index in [0.29, 0.717) is 30.3 Å². The first kappa shape index (κ1) is 27.6. The highest BCUT2D eigenvalue weighted by Gasteiger charge is 2.35. The molecule has 1 aromatic heterocycles. The number of aromatic hydroxyl groups is 1. The van der Waals surface area contributed by atoms with Gasteiger partial charge in [-0.3, -0.25) is 14.6 Å². The van der Waals surface area contributed by atoms with Gasteiger partial charge in [0.15, 0.2) is 0 Å². The zero-order valence-electron chi connectivity index (χ0n) is 23.2. The zero-order chi connectivity index (χ0) is 28.1. The Morgan fingerprint density at radius 2 is 1.75 bits per heavy atom. The minimum atomic E-state index is -0.313. The van der Waals surface area contributed by atoms with Crippen molar-refractivity contribution in [1.82, 2.24) is 20.0 Å². The van der Waals surface area contributed by atoms with Crippen LogP contribution in [0.25, 0.3) is 11.5 Å². The minimum Gasteiger partial charge on any atom is -0.508 e. The van der Waals surface area contributed by atoms with Gasteiger partial charge >= 0.3 is 5.97 Å². The number of esters is 1. The molecule has 5 rings (SSSR count). The Balaban J connectivity index is 1.37. The van der Waals surface area contributed by atoms with E-state index in [1.54, 1.807) is 6.07 Å². The average Bonchev–Trinajstić information content (AvgIpc) is 3.44. The molecule has 1 saturated heterocycles. The fraction of sp³-hybridized carbons (Fsp3) is 0.344. The maximum atomic E-state index is 11.4. The second-order valence-electron chi connectivity index (χ2n) is 10.5. The number of rotatable bonds is 9. The number of hydrogen-bond acceptors (Lipinski definition) is 8. The summed E-state index contributed by atoms with van der Waals surface area (Å²) in [6, 6.07) is 27.0. The quantitative estimate of drug-likeness (QED) is 0.289. The van der Waals surface area contributed by atoms with Gasteiger partial charge in [-0.25, -0.2) is 0 Å². The van der Waals surface area contributed by atoms with E-state index in [0.717, 1.165) is 36.3 Å². The molecule has 40 heavy (non-hydrogen) atoms. The number of hydrogen-bond donors (Lipinski definition) is 1. The van der Waals surface area contributed by atoms with Gasteiger partial charge in [-0.2, -0.15) is 0 Å². The lowest BCUT2D eigenvalue weighted by Crippen LogP contribution is -2.56. The summed E-state index contributed by atoms with van der Waals surface area (Å²) in [5.74, 6) is 0.759. The summed E-state index contributed by atoms with van der Waals surface area (Å²) in [5.41, 5.74) is 4.30. The second-order valence-corrected chi connectivity index (χ2v) is 10.5. The summed E-state index contributed by atoms with van der Waals surface area (Å²) in [6.45, 7) is 7.33. The molecule has 0 amide bonds. The van der Waals surface area contributed by atoms with Gasteiger partial charge in [-0.15, -0.1) is 10.2 Å². The van der Waals surface area contributed by atoms with Crippen molar-refractivity contribution in [2.45, 2.75) is 51.4 Å². The monoisotopic (exact) mass is 540 g/mol. The Morgan fingerprint density at radius 1 is 0.975 bits per heavy atom. The lowest BCUT2D eigenvalue weighted by molar-refractivity contribution is -0.140. The lowest BCUT2D eigenvalue weighted by Gasteiger charge is -2.47. The topological polar surface area (TPSA) is 91.9 Å². The minimum absolute atomic E-state index is 0.0317. The van der Waals surface area contributed by atoms with Gasteiger partial charge in [0.25, 0.3) is 0 Å². The Kier molecular flexibility index (Phi) is 8.57. The molecule has 8 heteroatoms. The Labute approximate surface area is 235 Å². The van der Waals surface area contributed by atoms with Crippen LogP contribution in [0, 0.1) is 0 Å². The molecule has 208 valence electrons. The third-order valence-electron chi connectivity index (χ3n) is 7.62. The first-order valence-corrected chi connectivity index (χ1v) is 13.7. The van der Waals surface area contributed by atoms with Crippen LogP contribution in [0.2, 0.25) is 0 Å². The molecule has 3 unspecified atom stereocenters. The number of benzene rings is 3. The molecule has 3 atom stereocenters. The van der Waals surface area contributed by atoms with Gasteiger partial charge in [0.05, 0.1) is 19.6 Å². The first-order valence-electron chi connectivity index (χ1n) is 13.7. The molecule has 4 aromatic rings. The fourth-order valence-electron chi connectivity index (χ4n) is 5.48. The van der Waals surface area contributed by atoms with Crippen molar-refractivity contribution in [3.8, 4) is 17.2 Å². The summed E-state index contributed by atoms with van der Waals surface area (Å²) >= 11 is 0. The van der Waals surface area contributed by atoms with Crippen LogP contribution in [0.1, 0.15) is 48.9 Å². The lowest BCUT2D eigenvalue weighted by atomic mass is 9.92. The average molecular weight is 541 g/mol.